The molecule has 0 spiro atoms. The molecule has 2 amide bonds. The molecule has 1 saturated carbocycles. The lowest BCUT2D eigenvalue weighted by Gasteiger charge is -2.31. The predicted molar refractivity (Wildman–Crippen MR) is 98.8 cm³/mol. The number of carboxylic acids is 1. The molecule has 0 aliphatic heterocycles. The van der Waals surface area contributed by atoms with Gasteiger partial charge in [-0.2, -0.15) is 0 Å². The van der Waals surface area contributed by atoms with Crippen LogP contribution in [0.15, 0.2) is 21.1 Å². The molecule has 0 bridgehead atoms. The minimum absolute atomic E-state index is 0.296. The summed E-state index contributed by atoms with van der Waals surface area (Å²) < 4.78 is 7.06. The highest BCUT2D eigenvalue weighted by Gasteiger charge is 2.31. The Morgan fingerprint density at radius 2 is 1.81 bits per heavy atom. The van der Waals surface area contributed by atoms with E-state index < -0.39 is 29.6 Å². The van der Waals surface area contributed by atoms with Gasteiger partial charge in [-0.15, -0.1) is 0 Å². The number of benzene rings is 1. The number of ether oxygens (including phenoxy) is 1. The maximum atomic E-state index is 12.2. The highest BCUT2D eigenvalue weighted by atomic mass is 79.9. The molecule has 0 aromatic heterocycles. The monoisotopic (exact) mass is 489 g/mol. The van der Waals surface area contributed by atoms with Gasteiger partial charge in [0.05, 0.1) is 4.47 Å². The number of carbonyl (C=O) groups is 3. The summed E-state index contributed by atoms with van der Waals surface area (Å²) in [6.07, 6.45) is 2.40. The van der Waals surface area contributed by atoms with Crippen LogP contribution < -0.4 is 20.7 Å². The van der Waals surface area contributed by atoms with Gasteiger partial charge in [-0.3, -0.25) is 20.4 Å². The third-order valence-electron chi connectivity index (χ3n) is 4.27. The summed E-state index contributed by atoms with van der Waals surface area (Å²) in [5.74, 6) is -3.29. The maximum absolute atomic E-state index is 12.2. The van der Waals surface area contributed by atoms with Gasteiger partial charge in [-0.25, -0.2) is 0 Å². The van der Waals surface area contributed by atoms with E-state index in [9.17, 15) is 19.5 Å². The highest BCUT2D eigenvalue weighted by Crippen LogP contribution is 2.32. The van der Waals surface area contributed by atoms with E-state index in [4.69, 9.17) is 4.74 Å². The smallest absolute Gasteiger partial charge is 0.276 e. The van der Waals surface area contributed by atoms with Crippen molar-refractivity contribution in [1.82, 2.24) is 10.9 Å². The maximum Gasteiger partial charge on any atom is 0.276 e. The Balaban J connectivity index is 1.85. The van der Waals surface area contributed by atoms with Gasteiger partial charge < -0.3 is 14.6 Å². The largest absolute Gasteiger partial charge is 0.550 e. The second-order valence-corrected chi connectivity index (χ2v) is 7.95. The molecule has 0 heterocycles. The van der Waals surface area contributed by atoms with Crippen molar-refractivity contribution in [2.45, 2.75) is 32.6 Å². The quantitative estimate of drug-likeness (QED) is 0.609. The van der Waals surface area contributed by atoms with Crippen molar-refractivity contribution in [3.05, 3.63) is 26.6 Å². The van der Waals surface area contributed by atoms with E-state index in [1.807, 2.05) is 13.0 Å². The third kappa shape index (κ3) is 5.44. The number of carbonyl (C=O) groups excluding carboxylic acids is 3. The van der Waals surface area contributed by atoms with Gasteiger partial charge in [-0.1, -0.05) is 28.8 Å². The van der Waals surface area contributed by atoms with Crippen LogP contribution in [0.5, 0.6) is 5.75 Å². The molecule has 1 aromatic rings. The fraction of sp³-hybridized carbons (Fsp3) is 0.471. The molecule has 2 rings (SSSR count). The van der Waals surface area contributed by atoms with Crippen LogP contribution in [0.3, 0.4) is 0 Å². The summed E-state index contributed by atoms with van der Waals surface area (Å²) in [6, 6.07) is 3.65. The van der Waals surface area contributed by atoms with E-state index in [-0.39, 0.29) is 6.61 Å². The molecular weight excluding hydrogens is 472 g/mol. The van der Waals surface area contributed by atoms with Crippen molar-refractivity contribution in [3.8, 4) is 5.75 Å². The number of nitrogens with one attached hydrogen (secondary N) is 2. The van der Waals surface area contributed by atoms with E-state index in [1.165, 1.54) is 0 Å². The standard InChI is InChI=1S/C17H20Br2N2O5/c1-9-6-10(18)7-13(19)15(9)26-8-14(22)20-21-16(23)11-4-2-3-5-12(11)17(24)25/h6-7,11-12H,2-5,8H2,1H3,(H,20,22)(H,21,23)(H,24,25)/p-1/t11-,12+/m1/s1. The van der Waals surface area contributed by atoms with E-state index in [0.717, 1.165) is 22.9 Å². The van der Waals surface area contributed by atoms with E-state index in [0.29, 0.717) is 23.1 Å². The van der Waals surface area contributed by atoms with Gasteiger partial charge in [0.15, 0.2) is 6.61 Å². The Morgan fingerprint density at radius 3 is 2.42 bits per heavy atom. The van der Waals surface area contributed by atoms with Crippen molar-refractivity contribution < 1.29 is 24.2 Å². The van der Waals surface area contributed by atoms with Gasteiger partial charge in [0.25, 0.3) is 5.91 Å². The first-order valence-corrected chi connectivity index (χ1v) is 9.76. The summed E-state index contributed by atoms with van der Waals surface area (Å²) in [4.78, 5) is 35.2. The van der Waals surface area contributed by atoms with Gasteiger partial charge in [0.2, 0.25) is 5.91 Å². The molecule has 1 fully saturated rings. The minimum atomic E-state index is -1.23. The first-order valence-electron chi connectivity index (χ1n) is 8.17. The predicted octanol–water partition coefficient (Wildman–Crippen LogP) is 1.60. The molecule has 2 atom stereocenters. The first kappa shape index (κ1) is 20.7. The topological polar surface area (TPSA) is 108 Å². The van der Waals surface area contributed by atoms with Crippen molar-refractivity contribution >= 4 is 49.6 Å². The molecule has 1 aliphatic carbocycles. The molecule has 1 aromatic carbocycles. The summed E-state index contributed by atoms with van der Waals surface area (Å²) in [5, 5.41) is 11.1. The molecule has 1 aliphatic rings. The van der Waals surface area contributed by atoms with Crippen LogP contribution in [0.2, 0.25) is 0 Å². The van der Waals surface area contributed by atoms with E-state index in [1.54, 1.807) is 6.07 Å². The van der Waals surface area contributed by atoms with Crippen molar-refractivity contribution in [1.29, 1.82) is 0 Å². The van der Waals surface area contributed by atoms with Gasteiger partial charge in [-0.05, 0) is 53.4 Å². The lowest BCUT2D eigenvalue weighted by molar-refractivity contribution is -0.314. The van der Waals surface area contributed by atoms with Crippen LogP contribution in [0.25, 0.3) is 0 Å². The molecule has 0 saturated heterocycles. The Bertz CT molecular complexity index is 687. The number of hydrazine groups is 1. The number of hydrogen-bond donors (Lipinski definition) is 2. The van der Waals surface area contributed by atoms with Gasteiger partial charge in [0.1, 0.15) is 5.75 Å². The zero-order valence-corrected chi connectivity index (χ0v) is 17.3. The van der Waals surface area contributed by atoms with E-state index in [2.05, 4.69) is 42.7 Å². The Morgan fingerprint density at radius 1 is 1.15 bits per heavy atom. The summed E-state index contributed by atoms with van der Waals surface area (Å²) in [7, 11) is 0. The first-order chi connectivity index (χ1) is 12.3. The van der Waals surface area contributed by atoms with Crippen LogP contribution in [0.4, 0.5) is 0 Å². The molecule has 0 radical (unpaired) electrons. The average Bonchev–Trinajstić information content (AvgIpc) is 2.58. The number of hydrogen-bond acceptors (Lipinski definition) is 5. The highest BCUT2D eigenvalue weighted by molar-refractivity contribution is 9.11. The summed E-state index contributed by atoms with van der Waals surface area (Å²) in [6.45, 7) is 1.55. The number of rotatable bonds is 5. The van der Waals surface area contributed by atoms with E-state index >= 15 is 0 Å². The van der Waals surface area contributed by atoms with Crippen molar-refractivity contribution in [3.63, 3.8) is 0 Å². The van der Waals surface area contributed by atoms with Crippen molar-refractivity contribution in [2.24, 2.45) is 11.8 Å². The Hall–Kier alpha value is -1.61. The lowest BCUT2D eigenvalue weighted by atomic mass is 9.79. The molecule has 2 N–H and O–H groups in total. The second kappa shape index (κ2) is 9.36. The zero-order valence-electron chi connectivity index (χ0n) is 14.1. The summed E-state index contributed by atoms with van der Waals surface area (Å²) >= 11 is 6.73. The molecular formula is C17H19Br2N2O5-. The molecule has 26 heavy (non-hydrogen) atoms. The number of carboxylic acid groups (broad SMARTS) is 1. The lowest BCUT2D eigenvalue weighted by Crippen LogP contribution is -2.50. The number of aliphatic carboxylic acids is 1. The number of amides is 2. The van der Waals surface area contributed by atoms with Gasteiger partial charge >= 0.3 is 0 Å². The second-order valence-electron chi connectivity index (χ2n) is 6.18. The molecule has 0 unspecified atom stereocenters. The normalized spacial score (nSPS) is 19.5. The van der Waals surface area contributed by atoms with Crippen molar-refractivity contribution in [2.75, 3.05) is 6.61 Å². The zero-order chi connectivity index (χ0) is 19.3. The number of halogens is 2. The third-order valence-corrected chi connectivity index (χ3v) is 5.32. The number of aryl methyl sites for hydroxylation is 1. The minimum Gasteiger partial charge on any atom is -0.550 e. The van der Waals surface area contributed by atoms with Crippen LogP contribution in [-0.2, 0) is 14.4 Å². The van der Waals surface area contributed by atoms with Crippen LogP contribution >= 0.6 is 31.9 Å². The average molecular weight is 491 g/mol. The fourth-order valence-corrected chi connectivity index (χ4v) is 4.55. The fourth-order valence-electron chi connectivity index (χ4n) is 3.00. The van der Waals surface area contributed by atoms with Gasteiger partial charge in [0, 0.05) is 22.3 Å². The molecule has 142 valence electrons. The van der Waals surface area contributed by atoms with Crippen LogP contribution in [0.1, 0.15) is 31.2 Å². The molecule has 9 heteroatoms. The SMILES string of the molecule is Cc1cc(Br)cc(Br)c1OCC(=O)NNC(=O)[C@@H]1CCCC[C@@H]1C(=O)[O-]. The Kier molecular flexibility index (Phi) is 7.45. The Labute approximate surface area is 168 Å². The van der Waals surface area contributed by atoms with Crippen LogP contribution in [0, 0.1) is 18.8 Å². The summed E-state index contributed by atoms with van der Waals surface area (Å²) in [5.41, 5.74) is 5.38. The molecule has 7 nitrogen and oxygen atoms in total. The van der Waals surface area contributed by atoms with Crippen LogP contribution in [-0.4, -0.2) is 24.4 Å².